The first-order chi connectivity index (χ1) is 6.59. The Kier molecular flexibility index (Phi) is 4.21. The van der Waals surface area contributed by atoms with E-state index in [1.54, 1.807) is 0 Å². The Balaban J connectivity index is 2.69. The Labute approximate surface area is 91.6 Å². The van der Waals surface area contributed by atoms with Crippen LogP contribution in [0.3, 0.4) is 0 Å². The van der Waals surface area contributed by atoms with Gasteiger partial charge in [0.2, 0.25) is 0 Å². The van der Waals surface area contributed by atoms with E-state index < -0.39 is 0 Å². The summed E-state index contributed by atoms with van der Waals surface area (Å²) in [7, 11) is 0. The number of rotatable bonds is 3. The van der Waals surface area contributed by atoms with Gasteiger partial charge in [-0.1, -0.05) is 35.9 Å². The molecule has 0 saturated carbocycles. The maximum absolute atomic E-state index is 5.97. The minimum absolute atomic E-state index is 0.104. The summed E-state index contributed by atoms with van der Waals surface area (Å²) in [5.41, 5.74) is 3.89. The van der Waals surface area contributed by atoms with Gasteiger partial charge < -0.3 is 0 Å². The van der Waals surface area contributed by atoms with Crippen molar-refractivity contribution in [3.05, 3.63) is 47.0 Å². The average molecular weight is 209 g/mol. The van der Waals surface area contributed by atoms with Crippen molar-refractivity contribution in [3.63, 3.8) is 0 Å². The van der Waals surface area contributed by atoms with Crippen LogP contribution in [0.5, 0.6) is 0 Å². The van der Waals surface area contributed by atoms with E-state index in [1.165, 1.54) is 16.7 Å². The fraction of sp³-hybridized carbons (Fsp3) is 0.385. The van der Waals surface area contributed by atoms with Crippen molar-refractivity contribution in [2.75, 3.05) is 0 Å². The van der Waals surface area contributed by atoms with E-state index >= 15 is 0 Å². The SMILES string of the molecule is CC(C)=CCc1ccc(C(C)Cl)cc1. The molecule has 1 aromatic carbocycles. The van der Waals surface area contributed by atoms with Crippen molar-refractivity contribution >= 4 is 11.6 Å². The van der Waals surface area contributed by atoms with E-state index in [0.29, 0.717) is 0 Å². The fourth-order valence-corrected chi connectivity index (χ4v) is 1.39. The summed E-state index contributed by atoms with van der Waals surface area (Å²) in [4.78, 5) is 0. The van der Waals surface area contributed by atoms with E-state index in [0.717, 1.165) is 6.42 Å². The second kappa shape index (κ2) is 5.21. The molecule has 1 heteroatoms. The van der Waals surface area contributed by atoms with E-state index in [9.17, 15) is 0 Å². The first-order valence-electron chi connectivity index (χ1n) is 4.96. The Morgan fingerprint density at radius 2 is 1.86 bits per heavy atom. The molecule has 0 aliphatic heterocycles. The maximum Gasteiger partial charge on any atom is 0.0557 e. The smallest absolute Gasteiger partial charge is 0.0557 e. The van der Waals surface area contributed by atoms with E-state index in [-0.39, 0.29) is 5.38 Å². The monoisotopic (exact) mass is 208 g/mol. The molecule has 14 heavy (non-hydrogen) atoms. The molecule has 0 aliphatic rings. The van der Waals surface area contributed by atoms with Crippen LogP contribution in [-0.4, -0.2) is 0 Å². The molecule has 1 unspecified atom stereocenters. The van der Waals surface area contributed by atoms with Crippen LogP contribution in [-0.2, 0) is 6.42 Å². The molecule has 0 spiro atoms. The molecule has 0 aromatic heterocycles. The maximum atomic E-state index is 5.97. The summed E-state index contributed by atoms with van der Waals surface area (Å²) >= 11 is 5.97. The second-order valence-corrected chi connectivity index (χ2v) is 4.50. The Morgan fingerprint density at radius 1 is 1.29 bits per heavy atom. The van der Waals surface area contributed by atoms with Gasteiger partial charge in [0.25, 0.3) is 0 Å². The number of allylic oxidation sites excluding steroid dienone is 2. The molecular formula is C13H17Cl. The first kappa shape index (κ1) is 11.3. The van der Waals surface area contributed by atoms with Crippen LogP contribution in [0.2, 0.25) is 0 Å². The van der Waals surface area contributed by atoms with Crippen LogP contribution in [0.15, 0.2) is 35.9 Å². The van der Waals surface area contributed by atoms with Crippen LogP contribution >= 0.6 is 11.6 Å². The minimum Gasteiger partial charge on any atom is -0.118 e. The molecule has 76 valence electrons. The Hall–Kier alpha value is -0.750. The Morgan fingerprint density at radius 3 is 2.29 bits per heavy atom. The molecule has 0 fully saturated rings. The van der Waals surface area contributed by atoms with Crippen molar-refractivity contribution in [1.82, 2.24) is 0 Å². The molecule has 1 atom stereocenters. The second-order valence-electron chi connectivity index (χ2n) is 3.84. The standard InChI is InChI=1S/C13H17Cl/c1-10(2)4-5-12-6-8-13(9-7-12)11(3)14/h4,6-9,11H,5H2,1-3H3. The quantitative estimate of drug-likeness (QED) is 0.507. The molecule has 1 rings (SSSR count). The summed E-state index contributed by atoms with van der Waals surface area (Å²) in [5.74, 6) is 0. The molecule has 0 N–H and O–H groups in total. The third-order valence-electron chi connectivity index (χ3n) is 2.19. The molecule has 0 radical (unpaired) electrons. The predicted octanol–water partition coefficient (Wildman–Crippen LogP) is 4.50. The Bertz CT molecular complexity index is 303. The van der Waals surface area contributed by atoms with Crippen LogP contribution in [0.4, 0.5) is 0 Å². The fourth-order valence-electron chi connectivity index (χ4n) is 1.24. The van der Waals surface area contributed by atoms with Gasteiger partial charge in [-0.3, -0.25) is 0 Å². The first-order valence-corrected chi connectivity index (χ1v) is 5.39. The van der Waals surface area contributed by atoms with Gasteiger partial charge in [-0.25, -0.2) is 0 Å². The number of alkyl halides is 1. The van der Waals surface area contributed by atoms with Gasteiger partial charge in [0.15, 0.2) is 0 Å². The summed E-state index contributed by atoms with van der Waals surface area (Å²) in [6, 6.07) is 8.50. The lowest BCUT2D eigenvalue weighted by atomic mass is 10.1. The number of halogens is 1. The summed E-state index contributed by atoms with van der Waals surface area (Å²) in [6.07, 6.45) is 3.25. The molecule has 0 bridgehead atoms. The zero-order chi connectivity index (χ0) is 10.6. The van der Waals surface area contributed by atoms with Gasteiger partial charge in [-0.05, 0) is 38.3 Å². The van der Waals surface area contributed by atoms with Gasteiger partial charge >= 0.3 is 0 Å². The summed E-state index contributed by atoms with van der Waals surface area (Å²) in [5, 5.41) is 0.104. The van der Waals surface area contributed by atoms with Crippen molar-refractivity contribution in [2.24, 2.45) is 0 Å². The zero-order valence-electron chi connectivity index (χ0n) is 9.05. The molecule has 0 saturated heterocycles. The van der Waals surface area contributed by atoms with Crippen molar-refractivity contribution < 1.29 is 0 Å². The highest BCUT2D eigenvalue weighted by molar-refractivity contribution is 6.20. The highest BCUT2D eigenvalue weighted by Crippen LogP contribution is 2.19. The van der Waals surface area contributed by atoms with E-state index in [1.807, 2.05) is 6.92 Å². The average Bonchev–Trinajstić information content (AvgIpc) is 2.15. The normalized spacial score (nSPS) is 12.3. The minimum atomic E-state index is 0.104. The summed E-state index contributed by atoms with van der Waals surface area (Å²) in [6.45, 7) is 6.23. The number of benzene rings is 1. The third kappa shape index (κ3) is 3.55. The lowest BCUT2D eigenvalue weighted by molar-refractivity contribution is 1.08. The van der Waals surface area contributed by atoms with Gasteiger partial charge in [0.1, 0.15) is 0 Å². The summed E-state index contributed by atoms with van der Waals surface area (Å²) < 4.78 is 0. The topological polar surface area (TPSA) is 0 Å². The molecule has 1 aromatic rings. The molecule has 0 amide bonds. The molecule has 0 nitrogen and oxygen atoms in total. The highest BCUT2D eigenvalue weighted by Gasteiger charge is 1.99. The van der Waals surface area contributed by atoms with Gasteiger partial charge in [0, 0.05) is 0 Å². The lowest BCUT2D eigenvalue weighted by Gasteiger charge is -2.04. The number of hydrogen-bond acceptors (Lipinski definition) is 0. The van der Waals surface area contributed by atoms with E-state index in [4.69, 9.17) is 11.6 Å². The molecular weight excluding hydrogens is 192 g/mol. The van der Waals surface area contributed by atoms with Crippen LogP contribution in [0, 0.1) is 0 Å². The highest BCUT2D eigenvalue weighted by atomic mass is 35.5. The molecule has 0 aliphatic carbocycles. The van der Waals surface area contributed by atoms with Crippen molar-refractivity contribution in [1.29, 1.82) is 0 Å². The predicted molar refractivity (Wildman–Crippen MR) is 63.8 cm³/mol. The van der Waals surface area contributed by atoms with Gasteiger partial charge in [-0.15, -0.1) is 11.6 Å². The van der Waals surface area contributed by atoms with Gasteiger partial charge in [0.05, 0.1) is 5.38 Å². The van der Waals surface area contributed by atoms with Gasteiger partial charge in [-0.2, -0.15) is 0 Å². The largest absolute Gasteiger partial charge is 0.118 e. The zero-order valence-corrected chi connectivity index (χ0v) is 9.81. The number of hydrogen-bond donors (Lipinski definition) is 0. The third-order valence-corrected chi connectivity index (χ3v) is 2.44. The van der Waals surface area contributed by atoms with Crippen molar-refractivity contribution in [3.8, 4) is 0 Å². The van der Waals surface area contributed by atoms with Crippen LogP contribution < -0.4 is 0 Å². The molecule has 0 heterocycles. The van der Waals surface area contributed by atoms with Crippen molar-refractivity contribution in [2.45, 2.75) is 32.6 Å². The lowest BCUT2D eigenvalue weighted by Crippen LogP contribution is -1.86. The van der Waals surface area contributed by atoms with Crippen LogP contribution in [0.25, 0.3) is 0 Å². The van der Waals surface area contributed by atoms with Crippen LogP contribution in [0.1, 0.15) is 37.3 Å². The van der Waals surface area contributed by atoms with E-state index in [2.05, 4.69) is 44.2 Å².